The van der Waals surface area contributed by atoms with Gasteiger partial charge in [0.2, 0.25) is 5.91 Å². The van der Waals surface area contributed by atoms with Crippen LogP contribution in [0.1, 0.15) is 48.6 Å². The zero-order chi connectivity index (χ0) is 21.3. The Morgan fingerprint density at radius 1 is 1.30 bits per heavy atom. The van der Waals surface area contributed by atoms with Crippen LogP contribution in [0.15, 0.2) is 10.6 Å². The molecule has 2 saturated heterocycles. The highest BCUT2D eigenvalue weighted by Crippen LogP contribution is 2.40. The van der Waals surface area contributed by atoms with Gasteiger partial charge in [0.25, 0.3) is 5.71 Å². The van der Waals surface area contributed by atoms with Crippen molar-refractivity contribution in [1.29, 1.82) is 0 Å². The zero-order valence-electron chi connectivity index (χ0n) is 16.7. The first-order valence-electron chi connectivity index (χ1n) is 10.1. The van der Waals surface area contributed by atoms with E-state index < -0.39 is 11.7 Å². The van der Waals surface area contributed by atoms with Crippen molar-refractivity contribution in [1.82, 2.24) is 15.0 Å². The molecule has 2 aliphatic rings. The predicted octanol–water partition coefficient (Wildman–Crippen LogP) is 3.45. The van der Waals surface area contributed by atoms with E-state index in [1.165, 1.54) is 6.92 Å². The summed E-state index contributed by atoms with van der Waals surface area (Å²) in [5.41, 5.74) is -0.381. The average molecular weight is 427 g/mol. The molecule has 7 nitrogen and oxygen atoms in total. The Balaban J connectivity index is 1.39. The van der Waals surface area contributed by atoms with Crippen molar-refractivity contribution in [2.75, 3.05) is 32.9 Å². The SMILES string of the molecule is Cc1cc(C(F)(F)F)c2c(C3CCN(C(=O)COC[C@H]4CCCO4)CC3)noc2n1. The molecule has 0 aromatic carbocycles. The number of nitrogens with zero attached hydrogens (tertiary/aromatic N) is 3. The maximum atomic E-state index is 13.5. The number of likely N-dealkylation sites (tertiary alicyclic amines) is 1. The number of carbonyl (C=O) groups is 1. The van der Waals surface area contributed by atoms with Crippen molar-refractivity contribution < 1.29 is 32.0 Å². The van der Waals surface area contributed by atoms with Crippen LogP contribution in [0.3, 0.4) is 0 Å². The predicted molar refractivity (Wildman–Crippen MR) is 99.9 cm³/mol. The normalized spacial score (nSPS) is 20.9. The summed E-state index contributed by atoms with van der Waals surface area (Å²) in [5, 5.41) is 3.85. The van der Waals surface area contributed by atoms with Crippen molar-refractivity contribution in [2.45, 2.75) is 50.8 Å². The van der Waals surface area contributed by atoms with Crippen LogP contribution in [0, 0.1) is 6.92 Å². The average Bonchev–Trinajstić information content (AvgIpc) is 3.36. The third-order valence-corrected chi connectivity index (χ3v) is 5.69. The highest BCUT2D eigenvalue weighted by Gasteiger charge is 2.37. The molecule has 0 unspecified atom stereocenters. The lowest BCUT2D eigenvalue weighted by Gasteiger charge is -2.31. The van der Waals surface area contributed by atoms with Gasteiger partial charge in [-0.2, -0.15) is 13.2 Å². The van der Waals surface area contributed by atoms with Crippen LogP contribution in [-0.2, 0) is 20.4 Å². The first-order valence-corrected chi connectivity index (χ1v) is 10.1. The lowest BCUT2D eigenvalue weighted by molar-refractivity contribution is -0.138. The van der Waals surface area contributed by atoms with Crippen molar-refractivity contribution in [3.05, 3.63) is 23.0 Å². The molecule has 2 aliphatic heterocycles. The molecule has 2 fully saturated rings. The van der Waals surface area contributed by atoms with Crippen molar-refractivity contribution in [3.63, 3.8) is 0 Å². The lowest BCUT2D eigenvalue weighted by atomic mass is 9.90. The molecule has 0 saturated carbocycles. The Labute approximate surface area is 171 Å². The van der Waals surface area contributed by atoms with Gasteiger partial charge in [-0.15, -0.1) is 0 Å². The maximum Gasteiger partial charge on any atom is 0.417 e. The second kappa shape index (κ2) is 8.50. The number of hydrogen-bond donors (Lipinski definition) is 0. The van der Waals surface area contributed by atoms with Gasteiger partial charge in [-0.25, -0.2) is 4.98 Å². The highest BCUT2D eigenvalue weighted by molar-refractivity contribution is 5.82. The molecule has 0 radical (unpaired) electrons. The van der Waals surface area contributed by atoms with Gasteiger partial charge in [0.1, 0.15) is 6.61 Å². The summed E-state index contributed by atoms with van der Waals surface area (Å²) in [6.07, 6.45) is -1.50. The minimum atomic E-state index is -4.52. The van der Waals surface area contributed by atoms with E-state index in [0.717, 1.165) is 25.5 Å². The number of hydrogen-bond acceptors (Lipinski definition) is 6. The Hall–Kier alpha value is -2.20. The zero-order valence-corrected chi connectivity index (χ0v) is 16.7. The fraction of sp³-hybridized carbons (Fsp3) is 0.650. The molecule has 2 aromatic rings. The van der Waals surface area contributed by atoms with Crippen LogP contribution in [0.2, 0.25) is 0 Å². The van der Waals surface area contributed by atoms with Gasteiger partial charge >= 0.3 is 6.18 Å². The third-order valence-electron chi connectivity index (χ3n) is 5.69. The molecular weight excluding hydrogens is 403 g/mol. The van der Waals surface area contributed by atoms with Crippen LogP contribution in [-0.4, -0.2) is 60.0 Å². The van der Waals surface area contributed by atoms with Gasteiger partial charge in [0.05, 0.1) is 29.4 Å². The van der Waals surface area contributed by atoms with Crippen molar-refractivity contribution in [3.8, 4) is 0 Å². The number of halogens is 3. The summed E-state index contributed by atoms with van der Waals surface area (Å²) in [6.45, 7) is 3.47. The van der Waals surface area contributed by atoms with Gasteiger partial charge in [-0.3, -0.25) is 4.79 Å². The minimum absolute atomic E-state index is 0.0150. The fourth-order valence-corrected chi connectivity index (χ4v) is 4.15. The van der Waals surface area contributed by atoms with Crippen LogP contribution in [0.25, 0.3) is 11.1 Å². The molecule has 0 spiro atoms. The molecule has 1 amide bonds. The van der Waals surface area contributed by atoms with Gasteiger partial charge < -0.3 is 18.9 Å². The number of ether oxygens (including phenoxy) is 2. The monoisotopic (exact) mass is 427 g/mol. The maximum absolute atomic E-state index is 13.5. The molecular formula is C20H24F3N3O4. The van der Waals surface area contributed by atoms with E-state index in [2.05, 4.69) is 10.1 Å². The van der Waals surface area contributed by atoms with Gasteiger partial charge in [-0.1, -0.05) is 5.16 Å². The number of piperidine rings is 1. The Morgan fingerprint density at radius 3 is 2.73 bits per heavy atom. The Bertz CT molecular complexity index is 901. The van der Waals surface area contributed by atoms with Crippen molar-refractivity contribution >= 4 is 17.0 Å². The van der Waals surface area contributed by atoms with E-state index in [-0.39, 0.29) is 47.0 Å². The van der Waals surface area contributed by atoms with E-state index in [0.29, 0.717) is 32.5 Å². The molecule has 4 rings (SSSR count). The minimum Gasteiger partial charge on any atom is -0.376 e. The van der Waals surface area contributed by atoms with E-state index in [1.54, 1.807) is 4.90 Å². The molecule has 0 aliphatic carbocycles. The van der Waals surface area contributed by atoms with Crippen molar-refractivity contribution in [2.24, 2.45) is 0 Å². The molecule has 1 atom stereocenters. The largest absolute Gasteiger partial charge is 0.417 e. The van der Waals surface area contributed by atoms with Crippen LogP contribution in [0.5, 0.6) is 0 Å². The van der Waals surface area contributed by atoms with Crippen LogP contribution in [0.4, 0.5) is 13.2 Å². The van der Waals surface area contributed by atoms with E-state index in [9.17, 15) is 18.0 Å². The summed E-state index contributed by atoms with van der Waals surface area (Å²) < 4.78 is 56.7. The lowest BCUT2D eigenvalue weighted by Crippen LogP contribution is -2.40. The molecule has 0 bridgehead atoms. The number of amides is 1. The summed E-state index contributed by atoms with van der Waals surface area (Å²) in [4.78, 5) is 18.1. The van der Waals surface area contributed by atoms with Crippen LogP contribution >= 0.6 is 0 Å². The number of pyridine rings is 1. The van der Waals surface area contributed by atoms with Gasteiger partial charge in [0.15, 0.2) is 0 Å². The summed E-state index contributed by atoms with van der Waals surface area (Å²) in [7, 11) is 0. The first-order chi connectivity index (χ1) is 14.3. The second-order valence-electron chi connectivity index (χ2n) is 7.86. The van der Waals surface area contributed by atoms with E-state index >= 15 is 0 Å². The number of aryl methyl sites for hydroxylation is 1. The first kappa shape index (κ1) is 21.0. The second-order valence-corrected chi connectivity index (χ2v) is 7.86. The van der Waals surface area contributed by atoms with Gasteiger partial charge in [-0.05, 0) is 38.7 Å². The highest BCUT2D eigenvalue weighted by atomic mass is 19.4. The van der Waals surface area contributed by atoms with E-state index in [1.807, 2.05) is 0 Å². The number of alkyl halides is 3. The summed E-state index contributed by atoms with van der Waals surface area (Å²) >= 11 is 0. The van der Waals surface area contributed by atoms with Gasteiger partial charge in [0, 0.05) is 31.3 Å². The summed E-state index contributed by atoms with van der Waals surface area (Å²) in [6, 6.07) is 1.02. The number of rotatable bonds is 5. The number of fused-ring (bicyclic) bond motifs is 1. The number of aromatic nitrogens is 2. The Kier molecular flexibility index (Phi) is 5.97. The topological polar surface area (TPSA) is 77.7 Å². The standard InChI is InChI=1S/C20H24F3N3O4/c1-12-9-15(20(21,22)23)17-18(25-30-19(17)24-12)13-4-6-26(7-5-13)16(27)11-28-10-14-3-2-8-29-14/h9,13-14H,2-8,10-11H2,1H3/t14-/m1/s1. The summed E-state index contributed by atoms with van der Waals surface area (Å²) in [5.74, 6) is -0.349. The quantitative estimate of drug-likeness (QED) is 0.728. The van der Waals surface area contributed by atoms with E-state index in [4.69, 9.17) is 14.0 Å². The van der Waals surface area contributed by atoms with Crippen LogP contribution < -0.4 is 0 Å². The molecule has 30 heavy (non-hydrogen) atoms. The fourth-order valence-electron chi connectivity index (χ4n) is 4.15. The smallest absolute Gasteiger partial charge is 0.376 e. The number of carbonyl (C=O) groups excluding carboxylic acids is 1. The molecule has 2 aromatic heterocycles. The molecule has 4 heterocycles. The third kappa shape index (κ3) is 4.44. The molecule has 0 N–H and O–H groups in total. The molecule has 10 heteroatoms. The Morgan fingerprint density at radius 2 is 2.07 bits per heavy atom. The molecule has 164 valence electrons.